The van der Waals surface area contributed by atoms with Crippen LogP contribution in [0.1, 0.15) is 22.1 Å². The highest BCUT2D eigenvalue weighted by molar-refractivity contribution is 7.98. The molecule has 1 aliphatic rings. The molecule has 4 rings (SSSR count). The highest BCUT2D eigenvalue weighted by Crippen LogP contribution is 2.27. The summed E-state index contributed by atoms with van der Waals surface area (Å²) in [7, 11) is 0. The second kappa shape index (κ2) is 9.11. The second-order valence-electron chi connectivity index (χ2n) is 6.61. The summed E-state index contributed by atoms with van der Waals surface area (Å²) < 4.78 is 10.4. The molecule has 1 aliphatic heterocycles. The summed E-state index contributed by atoms with van der Waals surface area (Å²) in [5.74, 6) is 1.54. The van der Waals surface area contributed by atoms with Gasteiger partial charge in [0.25, 0.3) is 5.91 Å². The predicted molar refractivity (Wildman–Crippen MR) is 112 cm³/mol. The molecule has 1 aromatic heterocycles. The Bertz CT molecular complexity index is 968. The van der Waals surface area contributed by atoms with E-state index in [1.54, 1.807) is 6.92 Å². The summed E-state index contributed by atoms with van der Waals surface area (Å²) in [6, 6.07) is 15.4. The van der Waals surface area contributed by atoms with Crippen molar-refractivity contribution in [3.8, 4) is 0 Å². The molecule has 1 fully saturated rings. The first kappa shape index (κ1) is 19.5. The maximum Gasteiger partial charge on any atom is 0.256 e. The Hall–Kier alpha value is -2.84. The van der Waals surface area contributed by atoms with Crippen LogP contribution in [0, 0.1) is 6.92 Å². The van der Waals surface area contributed by atoms with Crippen molar-refractivity contribution < 1.29 is 14.1 Å². The van der Waals surface area contributed by atoms with Crippen molar-refractivity contribution >= 4 is 29.0 Å². The number of benzene rings is 2. The molecule has 1 N–H and O–H groups in total. The van der Waals surface area contributed by atoms with E-state index in [2.05, 4.69) is 20.4 Å². The van der Waals surface area contributed by atoms with E-state index in [0.29, 0.717) is 23.0 Å². The van der Waals surface area contributed by atoms with Crippen LogP contribution in [0.3, 0.4) is 0 Å². The number of nitrogens with one attached hydrogen (secondary N) is 1. The molecular weight excluding hydrogens is 388 g/mol. The van der Waals surface area contributed by atoms with Crippen LogP contribution in [0.5, 0.6) is 0 Å². The number of rotatable bonds is 6. The molecule has 0 aliphatic carbocycles. The summed E-state index contributed by atoms with van der Waals surface area (Å²) in [5.41, 5.74) is 2.52. The molecule has 2 aromatic carbocycles. The molecule has 1 saturated heterocycles. The number of hydrogen-bond acceptors (Lipinski definition) is 7. The van der Waals surface area contributed by atoms with E-state index in [4.69, 9.17) is 9.26 Å². The Morgan fingerprint density at radius 1 is 1.14 bits per heavy atom. The first-order valence-electron chi connectivity index (χ1n) is 9.44. The van der Waals surface area contributed by atoms with E-state index < -0.39 is 0 Å². The fourth-order valence-electron chi connectivity index (χ4n) is 3.10. The van der Waals surface area contributed by atoms with Gasteiger partial charge in [0.15, 0.2) is 5.82 Å². The number of hydrogen-bond donors (Lipinski definition) is 1. The SMILES string of the molecule is Cc1nc(CSc2ccccc2C(=O)Nc2ccc(N3CCOCC3)cc2)no1. The number of aryl methyl sites for hydroxylation is 1. The van der Waals surface area contributed by atoms with Gasteiger partial charge in [-0.2, -0.15) is 4.98 Å². The van der Waals surface area contributed by atoms with E-state index in [1.165, 1.54) is 11.8 Å². The average Bonchev–Trinajstić information content (AvgIpc) is 3.19. The average molecular weight is 410 g/mol. The summed E-state index contributed by atoms with van der Waals surface area (Å²) >= 11 is 1.51. The quantitative estimate of drug-likeness (QED) is 0.620. The Morgan fingerprint density at radius 3 is 2.62 bits per heavy atom. The number of thioether (sulfide) groups is 1. The number of aromatic nitrogens is 2. The molecule has 0 saturated carbocycles. The minimum absolute atomic E-state index is 0.142. The van der Waals surface area contributed by atoms with Crippen LogP contribution in [-0.2, 0) is 10.5 Å². The number of amides is 1. The lowest BCUT2D eigenvalue weighted by Gasteiger charge is -2.28. The molecular formula is C21H22N4O3S. The standard InChI is InChI=1S/C21H22N4O3S/c1-15-22-20(24-28-15)14-29-19-5-3-2-4-18(19)21(26)23-16-6-8-17(9-7-16)25-10-12-27-13-11-25/h2-9H,10-14H2,1H3,(H,23,26). The van der Waals surface area contributed by atoms with Gasteiger partial charge in [0.1, 0.15) is 0 Å². The number of anilines is 2. The molecule has 150 valence electrons. The van der Waals surface area contributed by atoms with E-state index >= 15 is 0 Å². The lowest BCUT2D eigenvalue weighted by molar-refractivity contribution is 0.102. The van der Waals surface area contributed by atoms with Gasteiger partial charge in [-0.25, -0.2) is 0 Å². The monoisotopic (exact) mass is 410 g/mol. The molecule has 0 spiro atoms. The van der Waals surface area contributed by atoms with Gasteiger partial charge >= 0.3 is 0 Å². The van der Waals surface area contributed by atoms with Gasteiger partial charge in [-0.3, -0.25) is 4.79 Å². The third kappa shape index (κ3) is 4.96. The van der Waals surface area contributed by atoms with Crippen LogP contribution in [0.4, 0.5) is 11.4 Å². The number of morpholine rings is 1. The normalized spacial score (nSPS) is 14.0. The highest BCUT2D eigenvalue weighted by atomic mass is 32.2. The summed E-state index contributed by atoms with van der Waals surface area (Å²) in [6.07, 6.45) is 0. The van der Waals surface area contributed by atoms with Gasteiger partial charge in [-0.15, -0.1) is 11.8 Å². The smallest absolute Gasteiger partial charge is 0.256 e. The molecule has 8 heteroatoms. The van der Waals surface area contributed by atoms with Gasteiger partial charge < -0.3 is 19.5 Å². The maximum atomic E-state index is 12.8. The molecule has 0 atom stereocenters. The van der Waals surface area contributed by atoms with Gasteiger partial charge in [0.05, 0.1) is 24.5 Å². The number of ether oxygens (including phenoxy) is 1. The highest BCUT2D eigenvalue weighted by Gasteiger charge is 2.14. The first-order valence-corrected chi connectivity index (χ1v) is 10.4. The van der Waals surface area contributed by atoms with Crippen LogP contribution >= 0.6 is 11.8 Å². The third-order valence-electron chi connectivity index (χ3n) is 4.56. The Balaban J connectivity index is 1.41. The number of carbonyl (C=O) groups is 1. The summed E-state index contributed by atoms with van der Waals surface area (Å²) in [4.78, 5) is 20.2. The van der Waals surface area contributed by atoms with Crippen molar-refractivity contribution in [2.45, 2.75) is 17.6 Å². The van der Waals surface area contributed by atoms with Crippen LogP contribution in [-0.4, -0.2) is 42.4 Å². The number of carbonyl (C=O) groups excluding carboxylic acids is 1. The van der Waals surface area contributed by atoms with Gasteiger partial charge in [-0.1, -0.05) is 17.3 Å². The molecule has 0 bridgehead atoms. The van der Waals surface area contributed by atoms with E-state index in [1.807, 2.05) is 48.5 Å². The van der Waals surface area contributed by atoms with Crippen LogP contribution in [0.2, 0.25) is 0 Å². The fourth-order valence-corrected chi connectivity index (χ4v) is 3.99. The van der Waals surface area contributed by atoms with Crippen molar-refractivity contribution in [2.75, 3.05) is 36.5 Å². The van der Waals surface area contributed by atoms with Crippen molar-refractivity contribution in [3.63, 3.8) is 0 Å². The summed E-state index contributed by atoms with van der Waals surface area (Å²) in [6.45, 7) is 5.02. The lowest BCUT2D eigenvalue weighted by Crippen LogP contribution is -2.36. The largest absolute Gasteiger partial charge is 0.378 e. The zero-order valence-electron chi connectivity index (χ0n) is 16.1. The minimum Gasteiger partial charge on any atom is -0.378 e. The zero-order chi connectivity index (χ0) is 20.1. The van der Waals surface area contributed by atoms with Crippen molar-refractivity contribution in [3.05, 3.63) is 65.8 Å². The van der Waals surface area contributed by atoms with Crippen LogP contribution in [0.15, 0.2) is 57.9 Å². The third-order valence-corrected chi connectivity index (χ3v) is 5.63. The van der Waals surface area contributed by atoms with Crippen molar-refractivity contribution in [1.82, 2.24) is 10.1 Å². The first-order chi connectivity index (χ1) is 14.2. The second-order valence-corrected chi connectivity index (χ2v) is 7.63. The van der Waals surface area contributed by atoms with E-state index in [0.717, 1.165) is 42.6 Å². The van der Waals surface area contributed by atoms with Crippen molar-refractivity contribution in [1.29, 1.82) is 0 Å². The zero-order valence-corrected chi connectivity index (χ0v) is 16.9. The fraction of sp³-hybridized carbons (Fsp3) is 0.286. The van der Waals surface area contributed by atoms with Gasteiger partial charge in [0.2, 0.25) is 5.89 Å². The molecule has 2 heterocycles. The topological polar surface area (TPSA) is 80.5 Å². The Morgan fingerprint density at radius 2 is 1.90 bits per heavy atom. The molecule has 0 unspecified atom stereocenters. The van der Waals surface area contributed by atoms with Gasteiger partial charge in [0, 0.05) is 36.3 Å². The number of nitrogens with zero attached hydrogens (tertiary/aromatic N) is 3. The predicted octanol–water partition coefficient (Wildman–Crippen LogP) is 3.76. The maximum absolute atomic E-state index is 12.8. The molecule has 29 heavy (non-hydrogen) atoms. The minimum atomic E-state index is -0.142. The van der Waals surface area contributed by atoms with Crippen molar-refractivity contribution in [2.24, 2.45) is 0 Å². The molecule has 3 aromatic rings. The molecule has 7 nitrogen and oxygen atoms in total. The van der Waals surface area contributed by atoms with E-state index in [-0.39, 0.29) is 5.91 Å². The Labute approximate surface area is 173 Å². The lowest BCUT2D eigenvalue weighted by atomic mass is 10.2. The molecule has 1 amide bonds. The Kier molecular flexibility index (Phi) is 6.12. The van der Waals surface area contributed by atoms with Crippen LogP contribution < -0.4 is 10.2 Å². The molecule has 0 radical (unpaired) electrons. The van der Waals surface area contributed by atoms with E-state index in [9.17, 15) is 4.79 Å². The summed E-state index contributed by atoms with van der Waals surface area (Å²) in [5, 5.41) is 6.89. The van der Waals surface area contributed by atoms with Gasteiger partial charge in [-0.05, 0) is 36.4 Å². The van der Waals surface area contributed by atoms with Crippen LogP contribution in [0.25, 0.3) is 0 Å².